The van der Waals surface area contributed by atoms with Gasteiger partial charge in [0, 0.05) is 6.04 Å². The second kappa shape index (κ2) is 6.87. The van der Waals surface area contributed by atoms with Crippen LogP contribution in [0.5, 0.6) is 11.5 Å². The first-order chi connectivity index (χ1) is 8.10. The first-order valence-corrected chi connectivity index (χ1v) is 6.80. The fourth-order valence-electron chi connectivity index (χ4n) is 1.66. The Morgan fingerprint density at radius 1 is 1.41 bits per heavy atom. The molecule has 0 aliphatic heterocycles. The maximum Gasteiger partial charge on any atom is 0.172 e. The maximum atomic E-state index is 9.80. The quantitative estimate of drug-likeness (QED) is 0.841. The lowest BCUT2D eigenvalue weighted by Gasteiger charge is -2.15. The second-order valence-corrected chi connectivity index (χ2v) is 4.89. The van der Waals surface area contributed by atoms with Gasteiger partial charge in [0.05, 0.1) is 11.1 Å². The number of hydrogen-bond acceptors (Lipinski definition) is 3. The van der Waals surface area contributed by atoms with Crippen LogP contribution in [0.1, 0.15) is 44.7 Å². The van der Waals surface area contributed by atoms with E-state index < -0.39 is 0 Å². The maximum absolute atomic E-state index is 9.80. The van der Waals surface area contributed by atoms with E-state index in [2.05, 4.69) is 22.9 Å². The van der Waals surface area contributed by atoms with Crippen LogP contribution in [-0.4, -0.2) is 11.7 Å². The van der Waals surface area contributed by atoms with Crippen LogP contribution < -0.4 is 10.5 Å². The third kappa shape index (κ3) is 3.89. The summed E-state index contributed by atoms with van der Waals surface area (Å²) < 4.78 is 6.01. The van der Waals surface area contributed by atoms with E-state index in [0.717, 1.165) is 24.8 Å². The zero-order valence-electron chi connectivity index (χ0n) is 10.4. The van der Waals surface area contributed by atoms with Crippen LogP contribution in [0.25, 0.3) is 0 Å². The Hall–Kier alpha value is -0.740. The molecule has 1 atom stereocenters. The molecule has 0 saturated heterocycles. The summed E-state index contributed by atoms with van der Waals surface area (Å²) in [4.78, 5) is 0. The number of nitrogens with two attached hydrogens (primary N) is 1. The summed E-state index contributed by atoms with van der Waals surface area (Å²) in [5, 5.41) is 9.80. The number of hydrogen-bond donors (Lipinski definition) is 2. The Balaban J connectivity index is 2.92. The first kappa shape index (κ1) is 14.3. The van der Waals surface area contributed by atoms with E-state index in [1.165, 1.54) is 0 Å². The predicted octanol–water partition coefficient (Wildman–Crippen LogP) is 3.74. The van der Waals surface area contributed by atoms with Gasteiger partial charge in [0.1, 0.15) is 0 Å². The molecule has 0 aliphatic carbocycles. The Kier molecular flexibility index (Phi) is 5.78. The molecule has 0 saturated carbocycles. The molecule has 3 N–H and O–H groups in total. The van der Waals surface area contributed by atoms with Gasteiger partial charge in [-0.25, -0.2) is 0 Å². The minimum atomic E-state index is -0.00828. The summed E-state index contributed by atoms with van der Waals surface area (Å²) in [5.74, 6) is 0.627. The van der Waals surface area contributed by atoms with Gasteiger partial charge in [-0.05, 0) is 47.0 Å². The van der Waals surface area contributed by atoms with Crippen molar-refractivity contribution in [3.63, 3.8) is 0 Å². The Labute approximate surface area is 111 Å². The molecule has 96 valence electrons. The van der Waals surface area contributed by atoms with Gasteiger partial charge >= 0.3 is 0 Å². The Morgan fingerprint density at radius 2 is 2.12 bits per heavy atom. The van der Waals surface area contributed by atoms with Crippen LogP contribution in [0.3, 0.4) is 0 Å². The third-order valence-corrected chi connectivity index (χ3v) is 3.25. The molecule has 17 heavy (non-hydrogen) atoms. The number of ether oxygens (including phenoxy) is 1. The van der Waals surface area contributed by atoms with Crippen molar-refractivity contribution in [2.24, 2.45) is 5.73 Å². The molecule has 1 aromatic carbocycles. The molecule has 0 aliphatic rings. The zero-order chi connectivity index (χ0) is 12.8. The SMILES string of the molecule is CCCC[C@H](N)c1cc(Br)c(O)c(OCC)c1. The van der Waals surface area contributed by atoms with E-state index in [4.69, 9.17) is 10.5 Å². The fraction of sp³-hybridized carbons (Fsp3) is 0.538. The molecule has 0 bridgehead atoms. The van der Waals surface area contributed by atoms with Crippen LogP contribution >= 0.6 is 15.9 Å². The summed E-state index contributed by atoms with van der Waals surface area (Å²) in [6.07, 6.45) is 3.17. The molecule has 0 heterocycles. The third-order valence-electron chi connectivity index (χ3n) is 2.65. The normalized spacial score (nSPS) is 12.5. The lowest BCUT2D eigenvalue weighted by atomic mass is 10.0. The van der Waals surface area contributed by atoms with Gasteiger partial charge in [-0.2, -0.15) is 0 Å². The largest absolute Gasteiger partial charge is 0.503 e. The highest BCUT2D eigenvalue weighted by Crippen LogP contribution is 2.37. The number of halogens is 1. The van der Waals surface area contributed by atoms with Crippen LogP contribution in [0.4, 0.5) is 0 Å². The van der Waals surface area contributed by atoms with Gasteiger partial charge in [0.2, 0.25) is 0 Å². The zero-order valence-corrected chi connectivity index (χ0v) is 12.0. The average Bonchev–Trinajstić information content (AvgIpc) is 2.31. The van der Waals surface area contributed by atoms with Crippen molar-refractivity contribution in [3.05, 3.63) is 22.2 Å². The molecule has 1 rings (SSSR count). The second-order valence-electron chi connectivity index (χ2n) is 4.03. The number of phenols is 1. The van der Waals surface area contributed by atoms with E-state index in [1.807, 2.05) is 19.1 Å². The summed E-state index contributed by atoms with van der Waals surface area (Å²) in [6, 6.07) is 3.67. The summed E-state index contributed by atoms with van der Waals surface area (Å²) in [6.45, 7) is 4.55. The molecule has 3 nitrogen and oxygen atoms in total. The number of rotatable bonds is 6. The van der Waals surface area contributed by atoms with Crippen molar-refractivity contribution in [3.8, 4) is 11.5 Å². The van der Waals surface area contributed by atoms with E-state index in [-0.39, 0.29) is 11.8 Å². The standard InChI is InChI=1S/C13H20BrNO2/c1-3-5-6-11(15)9-7-10(14)13(16)12(8-9)17-4-2/h7-8,11,16H,3-6,15H2,1-2H3/t11-/m0/s1. The van der Waals surface area contributed by atoms with Crippen molar-refractivity contribution in [1.82, 2.24) is 0 Å². The monoisotopic (exact) mass is 301 g/mol. The van der Waals surface area contributed by atoms with Gasteiger partial charge < -0.3 is 15.6 Å². The summed E-state index contributed by atoms with van der Waals surface area (Å²) in [7, 11) is 0. The molecule has 1 aromatic rings. The molecule has 0 aromatic heterocycles. The van der Waals surface area contributed by atoms with Crippen molar-refractivity contribution >= 4 is 15.9 Å². The Bertz CT molecular complexity index is 369. The minimum absolute atomic E-state index is 0.00828. The molecule has 0 amide bonds. The lowest BCUT2D eigenvalue weighted by molar-refractivity contribution is 0.316. The molecular formula is C13H20BrNO2. The van der Waals surface area contributed by atoms with E-state index >= 15 is 0 Å². The van der Waals surface area contributed by atoms with Crippen LogP contribution in [0.2, 0.25) is 0 Å². The molecule has 0 spiro atoms. The minimum Gasteiger partial charge on any atom is -0.503 e. The van der Waals surface area contributed by atoms with Crippen molar-refractivity contribution in [2.75, 3.05) is 6.61 Å². The number of benzene rings is 1. The van der Waals surface area contributed by atoms with Crippen molar-refractivity contribution in [1.29, 1.82) is 0 Å². The number of unbranched alkanes of at least 4 members (excludes halogenated alkanes) is 1. The fourth-order valence-corrected chi connectivity index (χ4v) is 2.12. The van der Waals surface area contributed by atoms with Gasteiger partial charge in [-0.3, -0.25) is 0 Å². The van der Waals surface area contributed by atoms with Crippen LogP contribution in [-0.2, 0) is 0 Å². The van der Waals surface area contributed by atoms with E-state index in [9.17, 15) is 5.11 Å². The number of aromatic hydroxyl groups is 1. The molecular weight excluding hydrogens is 282 g/mol. The number of phenolic OH excluding ortho intramolecular Hbond substituents is 1. The van der Waals surface area contributed by atoms with Gasteiger partial charge in [-0.15, -0.1) is 0 Å². The molecule has 0 unspecified atom stereocenters. The topological polar surface area (TPSA) is 55.5 Å². The molecule has 0 radical (unpaired) electrons. The van der Waals surface area contributed by atoms with E-state index in [0.29, 0.717) is 16.8 Å². The van der Waals surface area contributed by atoms with Gasteiger partial charge in [0.25, 0.3) is 0 Å². The summed E-state index contributed by atoms with van der Waals surface area (Å²) in [5.41, 5.74) is 7.10. The van der Waals surface area contributed by atoms with Crippen molar-refractivity contribution in [2.45, 2.75) is 39.2 Å². The summed E-state index contributed by atoms with van der Waals surface area (Å²) >= 11 is 3.32. The predicted molar refractivity (Wildman–Crippen MR) is 73.4 cm³/mol. The van der Waals surface area contributed by atoms with Crippen LogP contribution in [0.15, 0.2) is 16.6 Å². The molecule has 0 fully saturated rings. The highest BCUT2D eigenvalue weighted by atomic mass is 79.9. The Morgan fingerprint density at radius 3 is 2.71 bits per heavy atom. The smallest absolute Gasteiger partial charge is 0.172 e. The average molecular weight is 302 g/mol. The van der Waals surface area contributed by atoms with E-state index in [1.54, 1.807) is 0 Å². The highest BCUT2D eigenvalue weighted by molar-refractivity contribution is 9.10. The first-order valence-electron chi connectivity index (χ1n) is 6.00. The van der Waals surface area contributed by atoms with Crippen LogP contribution in [0, 0.1) is 0 Å². The van der Waals surface area contributed by atoms with Gasteiger partial charge in [-0.1, -0.05) is 19.8 Å². The van der Waals surface area contributed by atoms with Gasteiger partial charge in [0.15, 0.2) is 11.5 Å². The molecule has 4 heteroatoms. The highest BCUT2D eigenvalue weighted by Gasteiger charge is 2.13. The lowest BCUT2D eigenvalue weighted by Crippen LogP contribution is -2.10. The van der Waals surface area contributed by atoms with Crippen molar-refractivity contribution < 1.29 is 9.84 Å².